The Labute approximate surface area is 208 Å². The van der Waals surface area contributed by atoms with Gasteiger partial charge in [0.05, 0.1) is 6.26 Å². The van der Waals surface area contributed by atoms with Crippen LogP contribution in [-0.4, -0.2) is 55.5 Å². The Balaban J connectivity index is 0.00000363. The third kappa shape index (κ3) is 8.46. The second-order valence-electron chi connectivity index (χ2n) is 8.01. The number of carbonyl (C=O) groups is 1. The Bertz CT molecular complexity index is 840. The van der Waals surface area contributed by atoms with Gasteiger partial charge < -0.3 is 20.4 Å². The van der Waals surface area contributed by atoms with E-state index in [1.807, 2.05) is 6.92 Å². The Hall–Kier alpha value is -2.07. The van der Waals surface area contributed by atoms with E-state index in [9.17, 15) is 4.79 Å². The maximum absolute atomic E-state index is 12.1. The monoisotopic (exact) mass is 553 g/mol. The fourth-order valence-corrected chi connectivity index (χ4v) is 3.83. The standard InChI is InChI=1S/C24H35N5O2.HI/c1-3-25-24(27-14-8-13-26-23(30)22-19(2)12-16-31-22)28-21-11-7-15-29(18-21)17-20-9-5-4-6-10-20;/h4-6,9-10,12,16,21H,3,7-8,11,13-15,17-18H2,1-2H3,(H,26,30)(H2,25,27,28);1H. The molecular formula is C24H36IN5O2. The summed E-state index contributed by atoms with van der Waals surface area (Å²) in [7, 11) is 0. The minimum atomic E-state index is -0.169. The summed E-state index contributed by atoms with van der Waals surface area (Å²) >= 11 is 0. The van der Waals surface area contributed by atoms with Crippen molar-refractivity contribution in [3.05, 3.63) is 59.5 Å². The molecule has 1 aliphatic heterocycles. The predicted octanol–water partition coefficient (Wildman–Crippen LogP) is 3.55. The van der Waals surface area contributed by atoms with Crippen LogP contribution in [-0.2, 0) is 6.54 Å². The van der Waals surface area contributed by atoms with Crippen molar-refractivity contribution >= 4 is 35.8 Å². The molecule has 3 N–H and O–H groups in total. The summed E-state index contributed by atoms with van der Waals surface area (Å²) in [6, 6.07) is 12.8. The van der Waals surface area contributed by atoms with Crippen molar-refractivity contribution in [1.82, 2.24) is 20.9 Å². The van der Waals surface area contributed by atoms with Gasteiger partial charge in [0.2, 0.25) is 0 Å². The van der Waals surface area contributed by atoms with Crippen LogP contribution < -0.4 is 16.0 Å². The lowest BCUT2D eigenvalue weighted by molar-refractivity contribution is 0.0925. The average molecular weight is 553 g/mol. The number of rotatable bonds is 9. The number of halogens is 1. The number of amides is 1. The molecule has 1 fully saturated rings. The van der Waals surface area contributed by atoms with E-state index in [-0.39, 0.29) is 29.9 Å². The first kappa shape index (κ1) is 26.2. The van der Waals surface area contributed by atoms with E-state index in [2.05, 4.69) is 58.1 Å². The summed E-state index contributed by atoms with van der Waals surface area (Å²) in [5, 5.41) is 9.83. The van der Waals surface area contributed by atoms with Crippen LogP contribution in [0.15, 0.2) is 52.1 Å². The van der Waals surface area contributed by atoms with E-state index in [0.29, 0.717) is 24.9 Å². The highest BCUT2D eigenvalue weighted by Gasteiger charge is 2.20. The molecule has 3 rings (SSSR count). The number of guanidine groups is 1. The Morgan fingerprint density at radius 1 is 1.22 bits per heavy atom. The Morgan fingerprint density at radius 3 is 2.75 bits per heavy atom. The number of piperidine rings is 1. The lowest BCUT2D eigenvalue weighted by Gasteiger charge is -2.34. The number of furan rings is 1. The molecule has 1 aromatic carbocycles. The van der Waals surface area contributed by atoms with Gasteiger partial charge in [-0.05, 0) is 51.3 Å². The molecule has 1 amide bonds. The lowest BCUT2D eigenvalue weighted by atomic mass is 10.0. The molecule has 8 heteroatoms. The number of likely N-dealkylation sites (tertiary alicyclic amines) is 1. The number of nitrogens with zero attached hydrogens (tertiary/aromatic N) is 2. The van der Waals surface area contributed by atoms with E-state index in [0.717, 1.165) is 50.5 Å². The minimum absolute atomic E-state index is 0. The first-order valence-corrected chi connectivity index (χ1v) is 11.3. The quantitative estimate of drug-likeness (QED) is 0.192. The van der Waals surface area contributed by atoms with Gasteiger partial charge >= 0.3 is 0 Å². The first-order valence-electron chi connectivity index (χ1n) is 11.3. The highest BCUT2D eigenvalue weighted by molar-refractivity contribution is 14.0. The third-order valence-corrected chi connectivity index (χ3v) is 5.40. The molecular weight excluding hydrogens is 517 g/mol. The van der Waals surface area contributed by atoms with Crippen LogP contribution in [0.3, 0.4) is 0 Å². The Morgan fingerprint density at radius 2 is 2.03 bits per heavy atom. The van der Waals surface area contributed by atoms with Crippen molar-refractivity contribution in [2.45, 2.75) is 45.7 Å². The van der Waals surface area contributed by atoms with Gasteiger partial charge in [-0.1, -0.05) is 30.3 Å². The van der Waals surface area contributed by atoms with Gasteiger partial charge in [-0.25, -0.2) is 0 Å². The van der Waals surface area contributed by atoms with E-state index in [4.69, 9.17) is 9.41 Å². The molecule has 7 nitrogen and oxygen atoms in total. The zero-order valence-corrected chi connectivity index (χ0v) is 21.4. The second-order valence-corrected chi connectivity index (χ2v) is 8.01. The van der Waals surface area contributed by atoms with Crippen molar-refractivity contribution < 1.29 is 9.21 Å². The van der Waals surface area contributed by atoms with Crippen molar-refractivity contribution in [2.75, 3.05) is 32.7 Å². The van der Waals surface area contributed by atoms with E-state index in [1.165, 1.54) is 18.2 Å². The van der Waals surface area contributed by atoms with Crippen molar-refractivity contribution in [2.24, 2.45) is 4.99 Å². The third-order valence-electron chi connectivity index (χ3n) is 5.40. The van der Waals surface area contributed by atoms with Gasteiger partial charge in [0.1, 0.15) is 0 Å². The fourth-order valence-electron chi connectivity index (χ4n) is 3.83. The zero-order valence-electron chi connectivity index (χ0n) is 19.1. The minimum Gasteiger partial charge on any atom is -0.459 e. The zero-order chi connectivity index (χ0) is 21.9. The molecule has 0 aliphatic carbocycles. The van der Waals surface area contributed by atoms with Gasteiger partial charge in [-0.15, -0.1) is 24.0 Å². The number of benzene rings is 1. The first-order chi connectivity index (χ1) is 15.2. The van der Waals surface area contributed by atoms with Crippen LogP contribution in [0.2, 0.25) is 0 Å². The molecule has 0 radical (unpaired) electrons. The summed E-state index contributed by atoms with van der Waals surface area (Å²) in [6.07, 6.45) is 4.64. The van der Waals surface area contributed by atoms with Crippen LogP contribution >= 0.6 is 24.0 Å². The molecule has 0 saturated carbocycles. The van der Waals surface area contributed by atoms with Crippen molar-refractivity contribution in [3.63, 3.8) is 0 Å². The highest BCUT2D eigenvalue weighted by Crippen LogP contribution is 2.13. The summed E-state index contributed by atoms with van der Waals surface area (Å²) in [5.41, 5.74) is 2.21. The van der Waals surface area contributed by atoms with Gasteiger partial charge in [-0.3, -0.25) is 14.7 Å². The van der Waals surface area contributed by atoms with Gasteiger partial charge in [0.25, 0.3) is 5.91 Å². The smallest absolute Gasteiger partial charge is 0.287 e. The summed E-state index contributed by atoms with van der Waals surface area (Å²) in [5.74, 6) is 1.07. The number of hydrogen-bond donors (Lipinski definition) is 3. The molecule has 32 heavy (non-hydrogen) atoms. The lowest BCUT2D eigenvalue weighted by Crippen LogP contribution is -2.51. The number of aliphatic imine (C=N–C) groups is 1. The molecule has 2 heterocycles. The maximum atomic E-state index is 12.1. The van der Waals surface area contributed by atoms with Gasteiger partial charge in [0.15, 0.2) is 11.7 Å². The molecule has 2 aromatic rings. The van der Waals surface area contributed by atoms with Gasteiger partial charge in [-0.2, -0.15) is 0 Å². The number of hydrogen-bond acceptors (Lipinski definition) is 4. The molecule has 1 unspecified atom stereocenters. The van der Waals surface area contributed by atoms with E-state index < -0.39 is 0 Å². The molecule has 176 valence electrons. The summed E-state index contributed by atoms with van der Waals surface area (Å²) < 4.78 is 5.22. The van der Waals surface area contributed by atoms with Crippen LogP contribution in [0, 0.1) is 6.92 Å². The number of nitrogens with one attached hydrogen (secondary N) is 3. The predicted molar refractivity (Wildman–Crippen MR) is 140 cm³/mol. The van der Waals surface area contributed by atoms with E-state index >= 15 is 0 Å². The highest BCUT2D eigenvalue weighted by atomic mass is 127. The summed E-state index contributed by atoms with van der Waals surface area (Å²) in [4.78, 5) is 19.3. The van der Waals surface area contributed by atoms with E-state index in [1.54, 1.807) is 6.07 Å². The molecule has 1 aromatic heterocycles. The topological polar surface area (TPSA) is 81.9 Å². The average Bonchev–Trinajstić information content (AvgIpc) is 3.20. The SMILES string of the molecule is CCNC(=NCCCNC(=O)c1occc1C)NC1CCCN(Cc2ccccc2)C1.I. The van der Waals surface area contributed by atoms with Crippen LogP contribution in [0.5, 0.6) is 0 Å². The molecule has 1 aliphatic rings. The fraction of sp³-hybridized carbons (Fsp3) is 0.500. The largest absolute Gasteiger partial charge is 0.459 e. The molecule has 0 bridgehead atoms. The molecule has 0 spiro atoms. The van der Waals surface area contributed by atoms with Crippen molar-refractivity contribution in [1.29, 1.82) is 0 Å². The van der Waals surface area contributed by atoms with Crippen LogP contribution in [0.25, 0.3) is 0 Å². The molecule has 1 atom stereocenters. The van der Waals surface area contributed by atoms with Gasteiger partial charge in [0, 0.05) is 44.3 Å². The van der Waals surface area contributed by atoms with Crippen molar-refractivity contribution in [3.8, 4) is 0 Å². The number of aryl methyl sites for hydroxylation is 1. The Kier molecular flexibility index (Phi) is 11.6. The normalized spacial score (nSPS) is 16.8. The second kappa shape index (κ2) is 14.2. The van der Waals surface area contributed by atoms with Crippen LogP contribution in [0.1, 0.15) is 47.9 Å². The summed E-state index contributed by atoms with van der Waals surface area (Å²) in [6.45, 7) is 9.11. The maximum Gasteiger partial charge on any atom is 0.287 e. The number of carbonyl (C=O) groups excluding carboxylic acids is 1. The van der Waals surface area contributed by atoms with Crippen LogP contribution in [0.4, 0.5) is 0 Å². The molecule has 1 saturated heterocycles.